The predicted molar refractivity (Wildman–Crippen MR) is 110 cm³/mol. The van der Waals surface area contributed by atoms with Crippen LogP contribution in [0.3, 0.4) is 0 Å². The molecule has 0 heterocycles. The highest BCUT2D eigenvalue weighted by Gasteiger charge is 2.26. The molecule has 1 aromatic rings. The summed E-state index contributed by atoms with van der Waals surface area (Å²) in [5.41, 5.74) is 0.352. The maximum absolute atomic E-state index is 11.7. The molecule has 1 aromatic carbocycles. The molecule has 28 heavy (non-hydrogen) atoms. The first-order valence-corrected chi connectivity index (χ1v) is 10.0. The van der Waals surface area contributed by atoms with Gasteiger partial charge < -0.3 is 18.9 Å². The first-order chi connectivity index (χ1) is 12.9. The van der Waals surface area contributed by atoms with Crippen molar-refractivity contribution in [3.8, 4) is 17.6 Å². The van der Waals surface area contributed by atoms with Crippen LogP contribution in [0.15, 0.2) is 18.2 Å². The van der Waals surface area contributed by atoms with E-state index in [1.165, 1.54) is 0 Å². The highest BCUT2D eigenvalue weighted by Crippen LogP contribution is 2.23. The lowest BCUT2D eigenvalue weighted by Crippen LogP contribution is -2.28. The molecule has 0 N–H and O–H groups in total. The van der Waals surface area contributed by atoms with Gasteiger partial charge in [0, 0.05) is 6.07 Å². The molecule has 0 spiro atoms. The van der Waals surface area contributed by atoms with Gasteiger partial charge in [-0.15, -0.1) is 0 Å². The molecule has 0 aliphatic carbocycles. The number of alkyl halides is 2. The van der Waals surface area contributed by atoms with Gasteiger partial charge in [-0.2, -0.15) is 5.26 Å². The number of nitrogens with zero attached hydrogens (tertiary/aromatic N) is 1. The summed E-state index contributed by atoms with van der Waals surface area (Å²) in [6.45, 7) is 7.14. The average Bonchev–Trinajstić information content (AvgIpc) is 2.60. The Labute approximate surface area is 181 Å². The Hall–Kier alpha value is -1.79. The molecular weight excluding hydrogens is 498 g/mol. The zero-order chi connectivity index (χ0) is 21.4. The minimum atomic E-state index is -0.762. The number of esters is 2. The summed E-state index contributed by atoms with van der Waals surface area (Å²) in [5.74, 6) is 0.0165. The highest BCUT2D eigenvalue weighted by molar-refractivity contribution is 9.10. The van der Waals surface area contributed by atoms with Crippen molar-refractivity contribution >= 4 is 43.8 Å². The lowest BCUT2D eigenvalue weighted by Gasteiger charge is -2.16. The third-order valence-corrected chi connectivity index (χ3v) is 3.80. The quantitative estimate of drug-likeness (QED) is 0.263. The van der Waals surface area contributed by atoms with Crippen molar-refractivity contribution in [1.29, 1.82) is 5.26 Å². The SMILES string of the molecule is CC(C)(Br)C(=O)OCCOc1cc(C#N)cc(OCCOC(=O)C(C)(C)Br)c1. The van der Waals surface area contributed by atoms with Crippen LogP contribution in [-0.4, -0.2) is 47.0 Å². The summed E-state index contributed by atoms with van der Waals surface area (Å²) in [7, 11) is 0. The summed E-state index contributed by atoms with van der Waals surface area (Å²) >= 11 is 6.43. The zero-order valence-corrected chi connectivity index (χ0v) is 19.4. The van der Waals surface area contributed by atoms with E-state index in [0.29, 0.717) is 17.1 Å². The Morgan fingerprint density at radius 1 is 0.857 bits per heavy atom. The van der Waals surface area contributed by atoms with Gasteiger partial charge in [0.25, 0.3) is 0 Å². The first-order valence-electron chi connectivity index (χ1n) is 8.46. The fourth-order valence-electron chi connectivity index (χ4n) is 1.73. The molecule has 0 aromatic heterocycles. The van der Waals surface area contributed by atoms with E-state index >= 15 is 0 Å². The van der Waals surface area contributed by atoms with Crippen molar-refractivity contribution < 1.29 is 28.5 Å². The van der Waals surface area contributed by atoms with Gasteiger partial charge >= 0.3 is 11.9 Å². The van der Waals surface area contributed by atoms with Crippen molar-refractivity contribution in [2.24, 2.45) is 0 Å². The molecular formula is C19H23Br2NO6. The van der Waals surface area contributed by atoms with Gasteiger partial charge in [-0.1, -0.05) is 31.9 Å². The van der Waals surface area contributed by atoms with Crippen molar-refractivity contribution in [3.63, 3.8) is 0 Å². The average molecular weight is 521 g/mol. The lowest BCUT2D eigenvalue weighted by atomic mass is 10.2. The molecule has 9 heteroatoms. The number of ether oxygens (including phenoxy) is 4. The van der Waals surface area contributed by atoms with Crippen LogP contribution in [0, 0.1) is 11.3 Å². The molecule has 7 nitrogen and oxygen atoms in total. The Morgan fingerprint density at radius 3 is 1.57 bits per heavy atom. The van der Waals surface area contributed by atoms with Crippen LogP contribution in [0.2, 0.25) is 0 Å². The number of hydrogen-bond acceptors (Lipinski definition) is 7. The minimum Gasteiger partial charge on any atom is -0.490 e. The van der Waals surface area contributed by atoms with E-state index in [2.05, 4.69) is 31.9 Å². The standard InChI is InChI=1S/C19H23Br2NO6/c1-18(2,20)16(23)27-7-5-25-14-9-13(12-22)10-15(11-14)26-6-8-28-17(24)19(3,4)21/h9-11H,5-8H2,1-4H3. The van der Waals surface area contributed by atoms with Crippen molar-refractivity contribution in [2.45, 2.75) is 36.3 Å². The first kappa shape index (κ1) is 24.2. The molecule has 0 saturated carbocycles. The van der Waals surface area contributed by atoms with Crippen LogP contribution in [0.4, 0.5) is 0 Å². The monoisotopic (exact) mass is 519 g/mol. The van der Waals surface area contributed by atoms with Crippen LogP contribution < -0.4 is 9.47 Å². The van der Waals surface area contributed by atoms with Crippen LogP contribution in [0.1, 0.15) is 33.3 Å². The molecule has 0 atom stereocenters. The summed E-state index contributed by atoms with van der Waals surface area (Å²) < 4.78 is 19.7. The van der Waals surface area contributed by atoms with Crippen LogP contribution in [-0.2, 0) is 19.1 Å². The number of carbonyl (C=O) groups is 2. The largest absolute Gasteiger partial charge is 0.490 e. The predicted octanol–water partition coefficient (Wildman–Crippen LogP) is 3.75. The van der Waals surface area contributed by atoms with Gasteiger partial charge in [0.15, 0.2) is 0 Å². The number of halogens is 2. The maximum Gasteiger partial charge on any atom is 0.322 e. The zero-order valence-electron chi connectivity index (χ0n) is 16.2. The molecule has 0 radical (unpaired) electrons. The number of hydrogen-bond donors (Lipinski definition) is 0. The van der Waals surface area contributed by atoms with Gasteiger partial charge in [-0.05, 0) is 39.8 Å². The Kier molecular flexibility index (Phi) is 9.24. The Morgan fingerprint density at radius 2 is 1.25 bits per heavy atom. The molecule has 154 valence electrons. The molecule has 1 rings (SSSR count). The van der Waals surface area contributed by atoms with E-state index < -0.39 is 20.6 Å². The van der Waals surface area contributed by atoms with E-state index in [1.54, 1.807) is 45.9 Å². The van der Waals surface area contributed by atoms with Gasteiger partial charge in [0.05, 0.1) is 11.6 Å². The second-order valence-corrected chi connectivity index (χ2v) is 10.7. The fraction of sp³-hybridized carbons (Fsp3) is 0.526. The fourth-order valence-corrected chi connectivity index (χ4v) is 1.96. The molecule has 0 aliphatic heterocycles. The molecule has 0 aliphatic rings. The van der Waals surface area contributed by atoms with Crippen molar-refractivity contribution in [2.75, 3.05) is 26.4 Å². The van der Waals surface area contributed by atoms with E-state index in [1.807, 2.05) is 6.07 Å². The van der Waals surface area contributed by atoms with E-state index in [0.717, 1.165) is 0 Å². The third-order valence-electron chi connectivity index (χ3n) is 3.15. The van der Waals surface area contributed by atoms with Crippen molar-refractivity contribution in [1.82, 2.24) is 0 Å². The summed E-state index contributed by atoms with van der Waals surface area (Å²) in [6, 6.07) is 6.73. The molecule has 0 unspecified atom stereocenters. The summed E-state index contributed by atoms with van der Waals surface area (Å²) in [5, 5.41) is 9.14. The van der Waals surface area contributed by atoms with E-state index in [-0.39, 0.29) is 26.4 Å². The molecule has 0 saturated heterocycles. The van der Waals surface area contributed by atoms with E-state index in [9.17, 15) is 9.59 Å². The maximum atomic E-state index is 11.7. The third kappa shape index (κ3) is 8.93. The Bertz CT molecular complexity index is 679. The van der Waals surface area contributed by atoms with Gasteiger partial charge in [-0.25, -0.2) is 0 Å². The van der Waals surface area contributed by atoms with Crippen LogP contribution in [0.25, 0.3) is 0 Å². The number of benzene rings is 1. The summed E-state index contributed by atoms with van der Waals surface area (Å²) in [4.78, 5) is 23.3. The van der Waals surface area contributed by atoms with Crippen LogP contribution in [0.5, 0.6) is 11.5 Å². The second-order valence-electron chi connectivity index (χ2n) is 6.72. The lowest BCUT2D eigenvalue weighted by molar-refractivity contribution is -0.146. The molecule has 0 amide bonds. The topological polar surface area (TPSA) is 94.8 Å². The number of nitriles is 1. The summed E-state index contributed by atoms with van der Waals surface area (Å²) in [6.07, 6.45) is 0. The second kappa shape index (κ2) is 10.7. The van der Waals surface area contributed by atoms with E-state index in [4.69, 9.17) is 24.2 Å². The smallest absolute Gasteiger partial charge is 0.322 e. The highest BCUT2D eigenvalue weighted by atomic mass is 79.9. The number of rotatable bonds is 10. The molecule has 0 bridgehead atoms. The van der Waals surface area contributed by atoms with Gasteiger partial charge in [0.2, 0.25) is 0 Å². The molecule has 0 fully saturated rings. The van der Waals surface area contributed by atoms with Gasteiger partial charge in [-0.3, -0.25) is 9.59 Å². The Balaban J connectivity index is 2.53. The van der Waals surface area contributed by atoms with Gasteiger partial charge in [0.1, 0.15) is 46.6 Å². The van der Waals surface area contributed by atoms with Crippen LogP contribution >= 0.6 is 31.9 Å². The normalized spacial score (nSPS) is 11.3. The number of carbonyl (C=O) groups excluding carboxylic acids is 2. The van der Waals surface area contributed by atoms with Crippen molar-refractivity contribution in [3.05, 3.63) is 23.8 Å². The minimum absolute atomic E-state index is 0.0686.